The van der Waals surface area contributed by atoms with Crippen LogP contribution >= 0.6 is 0 Å². The van der Waals surface area contributed by atoms with Crippen LogP contribution in [-0.4, -0.2) is 11.2 Å². The first kappa shape index (κ1) is 19.3. The molecule has 28 heavy (non-hydrogen) atoms. The molecule has 7 nitrogen and oxygen atoms in total. The van der Waals surface area contributed by atoms with Crippen LogP contribution in [0.5, 0.6) is 5.75 Å². The number of aldehydes is 1. The van der Waals surface area contributed by atoms with Gasteiger partial charge in [-0.1, -0.05) is 13.8 Å². The molecule has 0 aliphatic heterocycles. The molecule has 2 aromatic carbocycles. The number of hydrogen-bond donors (Lipinski definition) is 0. The third-order valence-corrected chi connectivity index (χ3v) is 4.55. The van der Waals surface area contributed by atoms with Crippen LogP contribution in [0.3, 0.4) is 0 Å². The van der Waals surface area contributed by atoms with Crippen molar-refractivity contribution in [2.75, 3.05) is 0 Å². The first-order valence-corrected chi connectivity index (χ1v) is 8.74. The molecule has 144 valence electrons. The summed E-state index contributed by atoms with van der Waals surface area (Å²) in [7, 11) is 0. The molecule has 0 unspecified atom stereocenters. The molecule has 1 heterocycles. The number of non-ortho nitro benzene ring substituents is 1. The van der Waals surface area contributed by atoms with Gasteiger partial charge in [-0.25, -0.2) is 4.79 Å². The number of fused-ring (bicyclic) bond motifs is 1. The van der Waals surface area contributed by atoms with E-state index in [1.807, 2.05) is 19.1 Å². The predicted molar refractivity (Wildman–Crippen MR) is 104 cm³/mol. The number of carbonyl (C=O) groups is 1. The third kappa shape index (κ3) is 3.78. The van der Waals surface area contributed by atoms with Crippen LogP contribution < -0.4 is 10.4 Å². The number of rotatable bonds is 6. The van der Waals surface area contributed by atoms with Gasteiger partial charge in [0.2, 0.25) is 0 Å². The van der Waals surface area contributed by atoms with Crippen LogP contribution in [0.4, 0.5) is 5.69 Å². The molecule has 0 saturated carbocycles. The second-order valence-electron chi connectivity index (χ2n) is 6.84. The molecule has 3 rings (SSSR count). The van der Waals surface area contributed by atoms with Crippen LogP contribution in [-0.2, 0) is 6.61 Å². The zero-order valence-electron chi connectivity index (χ0n) is 15.7. The van der Waals surface area contributed by atoms with Crippen molar-refractivity contribution in [3.63, 3.8) is 0 Å². The number of hydrogen-bond acceptors (Lipinski definition) is 6. The van der Waals surface area contributed by atoms with Gasteiger partial charge in [0.15, 0.2) is 6.29 Å². The maximum atomic E-state index is 11.9. The molecule has 0 amide bonds. The van der Waals surface area contributed by atoms with Crippen molar-refractivity contribution in [3.8, 4) is 5.75 Å². The highest BCUT2D eigenvalue weighted by Gasteiger charge is 2.14. The van der Waals surface area contributed by atoms with Gasteiger partial charge in [-0.15, -0.1) is 0 Å². The van der Waals surface area contributed by atoms with Gasteiger partial charge in [0.25, 0.3) is 5.69 Å². The average molecular weight is 381 g/mol. The molecule has 0 radical (unpaired) electrons. The number of nitro benzene ring substituents is 1. The van der Waals surface area contributed by atoms with Gasteiger partial charge in [-0.05, 0) is 42.2 Å². The Morgan fingerprint density at radius 2 is 1.96 bits per heavy atom. The minimum atomic E-state index is -0.581. The molecule has 0 N–H and O–H groups in total. The van der Waals surface area contributed by atoms with Crippen molar-refractivity contribution in [2.45, 2.75) is 33.3 Å². The van der Waals surface area contributed by atoms with Crippen molar-refractivity contribution >= 4 is 22.9 Å². The average Bonchev–Trinajstić information content (AvgIpc) is 2.64. The summed E-state index contributed by atoms with van der Waals surface area (Å²) in [5, 5.41) is 11.6. The van der Waals surface area contributed by atoms with Crippen LogP contribution in [0.1, 0.15) is 46.8 Å². The first-order valence-electron chi connectivity index (χ1n) is 8.74. The minimum absolute atomic E-state index is 0.0152. The van der Waals surface area contributed by atoms with E-state index in [0.29, 0.717) is 23.4 Å². The van der Waals surface area contributed by atoms with E-state index in [4.69, 9.17) is 9.15 Å². The molecular weight excluding hydrogens is 362 g/mol. The molecule has 0 bridgehead atoms. The highest BCUT2D eigenvalue weighted by atomic mass is 16.6. The first-order chi connectivity index (χ1) is 13.3. The third-order valence-electron chi connectivity index (χ3n) is 4.55. The highest BCUT2D eigenvalue weighted by Crippen LogP contribution is 2.28. The van der Waals surface area contributed by atoms with Crippen LogP contribution in [0.2, 0.25) is 0 Å². The number of nitrogens with zero attached hydrogens (tertiary/aromatic N) is 1. The molecule has 1 aromatic heterocycles. The Morgan fingerprint density at radius 3 is 2.61 bits per heavy atom. The summed E-state index contributed by atoms with van der Waals surface area (Å²) < 4.78 is 11.0. The van der Waals surface area contributed by atoms with Gasteiger partial charge in [-0.3, -0.25) is 14.9 Å². The monoisotopic (exact) mass is 381 g/mol. The second-order valence-corrected chi connectivity index (χ2v) is 6.84. The van der Waals surface area contributed by atoms with Gasteiger partial charge >= 0.3 is 5.63 Å². The topological polar surface area (TPSA) is 99.7 Å². The van der Waals surface area contributed by atoms with Crippen molar-refractivity contribution in [1.29, 1.82) is 0 Å². The fourth-order valence-corrected chi connectivity index (χ4v) is 3.16. The maximum absolute atomic E-state index is 11.9. The highest BCUT2D eigenvalue weighted by molar-refractivity contribution is 5.82. The van der Waals surface area contributed by atoms with Gasteiger partial charge in [0, 0.05) is 29.1 Å². The van der Waals surface area contributed by atoms with E-state index >= 15 is 0 Å². The molecule has 0 atom stereocenters. The van der Waals surface area contributed by atoms with E-state index < -0.39 is 10.5 Å². The quantitative estimate of drug-likeness (QED) is 0.269. The lowest BCUT2D eigenvalue weighted by Crippen LogP contribution is -2.06. The smallest absolute Gasteiger partial charge is 0.336 e. The second kappa shape index (κ2) is 7.64. The lowest BCUT2D eigenvalue weighted by Gasteiger charge is -2.14. The summed E-state index contributed by atoms with van der Waals surface area (Å²) in [5.41, 5.74) is 2.61. The standard InChI is InChI=1S/C21H19NO6/c1-12(2)17-9-18-15(8-21(24)28-20(18)6-13(17)3)11-27-19-5-4-16(22(25)26)7-14(19)10-23/h4-10,12H,11H2,1-3H3. The fraction of sp³-hybridized carbons (Fsp3) is 0.238. The lowest BCUT2D eigenvalue weighted by atomic mass is 9.95. The van der Waals surface area contributed by atoms with E-state index in [2.05, 4.69) is 13.8 Å². The zero-order valence-corrected chi connectivity index (χ0v) is 15.7. The summed E-state index contributed by atoms with van der Waals surface area (Å²) in [6.07, 6.45) is 0.500. The Morgan fingerprint density at radius 1 is 1.21 bits per heavy atom. The Kier molecular flexibility index (Phi) is 5.26. The molecule has 0 aliphatic carbocycles. The van der Waals surface area contributed by atoms with E-state index in [1.54, 1.807) is 0 Å². The molecule has 7 heteroatoms. The number of aryl methyl sites for hydroxylation is 1. The van der Waals surface area contributed by atoms with Crippen molar-refractivity contribution in [3.05, 3.63) is 79.2 Å². The number of nitro groups is 1. The van der Waals surface area contributed by atoms with Gasteiger partial charge < -0.3 is 9.15 Å². The van der Waals surface area contributed by atoms with Gasteiger partial charge in [0.05, 0.1) is 10.5 Å². The fourth-order valence-electron chi connectivity index (χ4n) is 3.16. The number of carbonyl (C=O) groups excluding carboxylic acids is 1. The summed E-state index contributed by atoms with van der Waals surface area (Å²) >= 11 is 0. The van der Waals surface area contributed by atoms with Crippen LogP contribution in [0, 0.1) is 17.0 Å². The molecule has 0 saturated heterocycles. The van der Waals surface area contributed by atoms with Gasteiger partial charge in [0.1, 0.15) is 17.9 Å². The minimum Gasteiger partial charge on any atom is -0.488 e. The summed E-state index contributed by atoms with van der Waals surface area (Å²) in [4.78, 5) is 33.5. The predicted octanol–water partition coefficient (Wildman–Crippen LogP) is 4.52. The Balaban J connectivity index is 2.01. The van der Waals surface area contributed by atoms with E-state index in [9.17, 15) is 19.7 Å². The summed E-state index contributed by atoms with van der Waals surface area (Å²) in [5.74, 6) is 0.500. The molecule has 0 fully saturated rings. The molecule has 0 aliphatic rings. The summed E-state index contributed by atoms with van der Waals surface area (Å²) in [6.45, 7) is 6.14. The number of ether oxygens (including phenoxy) is 1. The van der Waals surface area contributed by atoms with Crippen molar-refractivity contribution in [2.24, 2.45) is 0 Å². The number of benzene rings is 2. The maximum Gasteiger partial charge on any atom is 0.336 e. The molecule has 3 aromatic rings. The van der Waals surface area contributed by atoms with Crippen molar-refractivity contribution < 1.29 is 18.9 Å². The van der Waals surface area contributed by atoms with E-state index in [-0.39, 0.29) is 23.6 Å². The van der Waals surface area contributed by atoms with E-state index in [0.717, 1.165) is 22.6 Å². The SMILES string of the molecule is Cc1cc2oc(=O)cc(COc3ccc([N+](=O)[O-])cc3C=O)c2cc1C(C)C. The summed E-state index contributed by atoms with van der Waals surface area (Å²) in [6, 6.07) is 8.96. The zero-order chi connectivity index (χ0) is 20.4. The normalized spacial score (nSPS) is 11.0. The Bertz CT molecular complexity index is 1130. The lowest BCUT2D eigenvalue weighted by molar-refractivity contribution is -0.384. The van der Waals surface area contributed by atoms with E-state index in [1.165, 1.54) is 18.2 Å². The Hall–Kier alpha value is -3.48. The van der Waals surface area contributed by atoms with Crippen LogP contribution in [0.15, 0.2) is 45.6 Å². The molecular formula is C21H19NO6. The van der Waals surface area contributed by atoms with Crippen LogP contribution in [0.25, 0.3) is 11.0 Å². The largest absolute Gasteiger partial charge is 0.488 e. The van der Waals surface area contributed by atoms with Crippen molar-refractivity contribution in [1.82, 2.24) is 0 Å². The molecule has 0 spiro atoms. The Labute approximate surface area is 160 Å². The van der Waals surface area contributed by atoms with Gasteiger partial charge in [-0.2, -0.15) is 0 Å².